The SMILES string of the molecule is Nc1ncnc2c1c(Cl)cn2-c1nnc(COc2ccc3ccc(N4CCCC4)nc3c2)s1.O=C(O)C(F)(F)F. The van der Waals surface area contributed by atoms with Crippen LogP contribution in [0.3, 0.4) is 0 Å². The van der Waals surface area contributed by atoms with Crippen molar-refractivity contribution in [2.45, 2.75) is 25.6 Å². The van der Waals surface area contributed by atoms with E-state index in [1.165, 1.54) is 30.5 Å². The first-order valence-electron chi connectivity index (χ1n) is 11.8. The number of nitrogens with zero attached hydrogens (tertiary/aromatic N) is 7. The predicted octanol–water partition coefficient (Wildman–Crippen LogP) is 4.87. The molecule has 5 aromatic rings. The quantitative estimate of drug-likeness (QED) is 0.290. The molecule has 1 aromatic carbocycles. The van der Waals surface area contributed by atoms with Crippen molar-refractivity contribution in [3.63, 3.8) is 0 Å². The van der Waals surface area contributed by atoms with Gasteiger partial charge in [-0.3, -0.25) is 4.57 Å². The Labute approximate surface area is 233 Å². The zero-order valence-electron chi connectivity index (χ0n) is 20.5. The van der Waals surface area contributed by atoms with E-state index in [9.17, 15) is 13.2 Å². The molecule has 0 bridgehead atoms. The Hall–Kier alpha value is -4.24. The summed E-state index contributed by atoms with van der Waals surface area (Å²) in [7, 11) is 0. The van der Waals surface area contributed by atoms with E-state index < -0.39 is 12.1 Å². The number of pyridine rings is 1. The summed E-state index contributed by atoms with van der Waals surface area (Å²) in [4.78, 5) is 24.4. The number of carboxylic acid groups (broad SMARTS) is 1. The molecule has 6 rings (SSSR count). The van der Waals surface area contributed by atoms with Crippen LogP contribution in [0, 0.1) is 0 Å². The number of carbonyl (C=O) groups is 1. The smallest absolute Gasteiger partial charge is 0.486 e. The number of hydrogen-bond acceptors (Lipinski definition) is 10. The van der Waals surface area contributed by atoms with Gasteiger partial charge >= 0.3 is 12.1 Å². The molecule has 0 radical (unpaired) electrons. The summed E-state index contributed by atoms with van der Waals surface area (Å²) in [6, 6.07) is 10.1. The van der Waals surface area contributed by atoms with Crippen LogP contribution in [0.25, 0.3) is 27.1 Å². The second kappa shape index (κ2) is 11.1. The number of nitrogen functional groups attached to an aromatic ring is 1. The van der Waals surface area contributed by atoms with E-state index in [-0.39, 0.29) is 0 Å². The molecule has 0 saturated carbocycles. The highest BCUT2D eigenvalue weighted by atomic mass is 35.5. The number of rotatable bonds is 5. The molecule has 4 aromatic heterocycles. The minimum atomic E-state index is -5.08. The molecular weight excluding hydrogens is 573 g/mol. The highest BCUT2D eigenvalue weighted by molar-refractivity contribution is 7.13. The number of ether oxygens (including phenoxy) is 1. The Balaban J connectivity index is 0.000000411. The van der Waals surface area contributed by atoms with Crippen LogP contribution in [0.15, 0.2) is 42.9 Å². The molecule has 0 amide bonds. The normalized spacial score (nSPS) is 13.4. The number of hydrogen-bond donors (Lipinski definition) is 2. The van der Waals surface area contributed by atoms with Gasteiger partial charge in [0.1, 0.15) is 30.3 Å². The maximum atomic E-state index is 10.6. The third-order valence-electron chi connectivity index (χ3n) is 5.91. The van der Waals surface area contributed by atoms with Crippen LogP contribution in [0.4, 0.5) is 24.8 Å². The van der Waals surface area contributed by atoms with Crippen molar-refractivity contribution in [2.24, 2.45) is 0 Å². The fourth-order valence-electron chi connectivity index (χ4n) is 4.03. The first-order valence-corrected chi connectivity index (χ1v) is 13.0. The average molecular weight is 593 g/mol. The number of aliphatic carboxylic acids is 1. The molecule has 1 saturated heterocycles. The molecule has 0 atom stereocenters. The zero-order chi connectivity index (χ0) is 28.4. The second-order valence-corrected chi connectivity index (χ2v) is 10.0. The van der Waals surface area contributed by atoms with Crippen molar-refractivity contribution < 1.29 is 27.8 Å². The molecule has 1 aliphatic rings. The van der Waals surface area contributed by atoms with Crippen molar-refractivity contribution in [3.05, 3.63) is 52.9 Å². The Morgan fingerprint density at radius 3 is 2.60 bits per heavy atom. The van der Waals surface area contributed by atoms with Gasteiger partial charge in [-0.25, -0.2) is 19.7 Å². The van der Waals surface area contributed by atoms with E-state index in [4.69, 9.17) is 37.0 Å². The van der Waals surface area contributed by atoms with Gasteiger partial charge in [-0.1, -0.05) is 22.9 Å². The van der Waals surface area contributed by atoms with Crippen LogP contribution in [-0.2, 0) is 11.4 Å². The molecule has 1 aliphatic heterocycles. The molecule has 40 heavy (non-hydrogen) atoms. The fraction of sp³-hybridized carbons (Fsp3) is 0.250. The molecule has 0 spiro atoms. The number of aromatic nitrogens is 6. The largest absolute Gasteiger partial charge is 0.490 e. The molecular formula is C24H20ClF3N8O3S. The number of benzene rings is 1. The van der Waals surface area contributed by atoms with Crippen molar-refractivity contribution in [1.82, 2.24) is 29.7 Å². The number of alkyl halides is 3. The van der Waals surface area contributed by atoms with Crippen LogP contribution >= 0.6 is 22.9 Å². The molecule has 3 N–H and O–H groups in total. The summed E-state index contributed by atoms with van der Waals surface area (Å²) in [6.07, 6.45) is 0.476. The van der Waals surface area contributed by atoms with Gasteiger partial charge in [0.15, 0.2) is 10.7 Å². The summed E-state index contributed by atoms with van der Waals surface area (Å²) < 4.78 is 39.5. The van der Waals surface area contributed by atoms with Crippen molar-refractivity contribution in [2.75, 3.05) is 23.7 Å². The molecule has 0 unspecified atom stereocenters. The molecule has 11 nitrogen and oxygen atoms in total. The molecule has 0 aliphatic carbocycles. The standard InChI is InChI=1S/C22H19ClN8OS.C2HF3O2/c23-15-10-31(21-19(15)20(24)25-12-26-21)22-29-28-18(33-22)11-32-14-5-3-13-4-6-17(27-16(13)9-14)30-7-1-2-8-30;3-2(4,5)1(6)7/h3-6,9-10,12H,1-2,7-8,11H2,(H2,24,25,26);(H,6,7). The lowest BCUT2D eigenvalue weighted by atomic mass is 10.2. The van der Waals surface area contributed by atoms with Crippen LogP contribution in [0.1, 0.15) is 17.8 Å². The summed E-state index contributed by atoms with van der Waals surface area (Å²) in [5.41, 5.74) is 7.45. The van der Waals surface area contributed by atoms with E-state index >= 15 is 0 Å². The maximum absolute atomic E-state index is 10.6. The number of anilines is 2. The summed E-state index contributed by atoms with van der Waals surface area (Å²) >= 11 is 7.72. The van der Waals surface area contributed by atoms with E-state index in [0.717, 1.165) is 40.6 Å². The number of nitrogens with two attached hydrogens (primary N) is 1. The minimum absolute atomic E-state index is 0.291. The average Bonchev–Trinajstić information content (AvgIpc) is 3.68. The predicted molar refractivity (Wildman–Crippen MR) is 143 cm³/mol. The monoisotopic (exact) mass is 592 g/mol. The van der Waals surface area contributed by atoms with Crippen LogP contribution in [-0.4, -0.2) is 60.1 Å². The van der Waals surface area contributed by atoms with Crippen molar-refractivity contribution in [1.29, 1.82) is 0 Å². The highest BCUT2D eigenvalue weighted by Crippen LogP contribution is 2.31. The van der Waals surface area contributed by atoms with Gasteiger partial charge in [-0.05, 0) is 37.1 Å². The molecule has 16 heteroatoms. The van der Waals surface area contributed by atoms with Gasteiger partial charge in [-0.15, -0.1) is 10.2 Å². The molecule has 1 fully saturated rings. The minimum Gasteiger partial charge on any atom is -0.486 e. The van der Waals surface area contributed by atoms with Gasteiger partial charge < -0.3 is 20.5 Å². The second-order valence-electron chi connectivity index (χ2n) is 8.59. The fourth-order valence-corrected chi connectivity index (χ4v) is 5.04. The van der Waals surface area contributed by atoms with E-state index in [0.29, 0.717) is 33.6 Å². The Morgan fingerprint density at radius 1 is 1.15 bits per heavy atom. The first kappa shape index (κ1) is 27.3. The Kier molecular flexibility index (Phi) is 7.58. The highest BCUT2D eigenvalue weighted by Gasteiger charge is 2.38. The molecule has 208 valence electrons. The summed E-state index contributed by atoms with van der Waals surface area (Å²) in [6.45, 7) is 2.42. The van der Waals surface area contributed by atoms with Crippen LogP contribution < -0.4 is 15.4 Å². The number of carboxylic acids is 1. The lowest BCUT2D eigenvalue weighted by Crippen LogP contribution is -2.21. The number of fused-ring (bicyclic) bond motifs is 2. The van der Waals surface area contributed by atoms with E-state index in [1.54, 1.807) is 10.8 Å². The van der Waals surface area contributed by atoms with Crippen molar-refractivity contribution in [3.8, 4) is 10.9 Å². The summed E-state index contributed by atoms with van der Waals surface area (Å²) in [5, 5.41) is 19.2. The lowest BCUT2D eigenvalue weighted by Gasteiger charge is -2.16. The topological polar surface area (TPSA) is 145 Å². The maximum Gasteiger partial charge on any atom is 0.490 e. The van der Waals surface area contributed by atoms with Gasteiger partial charge in [0, 0.05) is 30.7 Å². The zero-order valence-corrected chi connectivity index (χ0v) is 22.0. The number of halogens is 4. The van der Waals surface area contributed by atoms with Crippen LogP contribution in [0.2, 0.25) is 5.02 Å². The van der Waals surface area contributed by atoms with Crippen LogP contribution in [0.5, 0.6) is 5.75 Å². The van der Waals surface area contributed by atoms with E-state index in [2.05, 4.69) is 37.2 Å². The first-order chi connectivity index (χ1) is 19.1. The van der Waals surface area contributed by atoms with Gasteiger partial charge in [0.05, 0.1) is 15.9 Å². The third kappa shape index (κ3) is 5.84. The third-order valence-corrected chi connectivity index (χ3v) is 7.09. The Bertz CT molecular complexity index is 1690. The molecule has 5 heterocycles. The lowest BCUT2D eigenvalue weighted by molar-refractivity contribution is -0.192. The van der Waals surface area contributed by atoms with E-state index in [1.807, 2.05) is 18.2 Å². The van der Waals surface area contributed by atoms with Gasteiger partial charge in [0.2, 0.25) is 5.13 Å². The summed E-state index contributed by atoms with van der Waals surface area (Å²) in [5.74, 6) is -0.671. The van der Waals surface area contributed by atoms with Gasteiger partial charge in [0.25, 0.3) is 0 Å². The van der Waals surface area contributed by atoms with Crippen molar-refractivity contribution >= 4 is 62.5 Å². The van der Waals surface area contributed by atoms with Gasteiger partial charge in [-0.2, -0.15) is 13.2 Å². The Morgan fingerprint density at radius 2 is 1.88 bits per heavy atom.